The first-order valence-corrected chi connectivity index (χ1v) is 8.35. The molecule has 1 aliphatic carbocycles. The monoisotopic (exact) mass is 253 g/mol. The van der Waals surface area contributed by atoms with Crippen LogP contribution in [0.25, 0.3) is 0 Å². The highest BCUT2D eigenvalue weighted by molar-refractivity contribution is 4.79. The van der Waals surface area contributed by atoms with Gasteiger partial charge in [-0.2, -0.15) is 0 Å². The van der Waals surface area contributed by atoms with Crippen molar-refractivity contribution in [3.63, 3.8) is 0 Å². The molecule has 0 aromatic carbocycles. The van der Waals surface area contributed by atoms with Crippen molar-refractivity contribution >= 4 is 0 Å². The van der Waals surface area contributed by atoms with Gasteiger partial charge in [0.15, 0.2) is 0 Å². The Balaban J connectivity index is 2.46. The highest BCUT2D eigenvalue weighted by Gasteiger charge is 2.27. The maximum atomic E-state index is 3.71. The Labute approximate surface area is 115 Å². The van der Waals surface area contributed by atoms with E-state index in [1.165, 1.54) is 58.0 Å². The van der Waals surface area contributed by atoms with Crippen LogP contribution in [-0.4, -0.2) is 13.1 Å². The summed E-state index contributed by atoms with van der Waals surface area (Å²) >= 11 is 0. The standard InChI is InChI=1S/C17H35N/c1-5-9-15(4)17-11-8-6-7-10-16(17)13-18-12-14(2)3/h14-18H,5-13H2,1-4H3. The van der Waals surface area contributed by atoms with Crippen LogP contribution in [0.4, 0.5) is 0 Å². The molecular weight excluding hydrogens is 218 g/mol. The molecule has 0 spiro atoms. The second-order valence-corrected chi connectivity index (χ2v) is 6.88. The molecule has 1 saturated carbocycles. The fourth-order valence-electron chi connectivity index (χ4n) is 3.64. The lowest BCUT2D eigenvalue weighted by Crippen LogP contribution is -2.32. The maximum Gasteiger partial charge on any atom is -0.00177 e. The Morgan fingerprint density at radius 1 is 1.06 bits per heavy atom. The molecule has 3 unspecified atom stereocenters. The summed E-state index contributed by atoms with van der Waals surface area (Å²) in [5.41, 5.74) is 0. The third-order valence-electron chi connectivity index (χ3n) is 4.65. The summed E-state index contributed by atoms with van der Waals surface area (Å²) in [6.07, 6.45) is 10.1. The van der Waals surface area contributed by atoms with Crippen LogP contribution < -0.4 is 5.32 Å². The summed E-state index contributed by atoms with van der Waals surface area (Å²) in [5, 5.41) is 3.71. The van der Waals surface area contributed by atoms with Crippen molar-refractivity contribution in [2.45, 2.75) is 72.6 Å². The van der Waals surface area contributed by atoms with Gasteiger partial charge in [0.1, 0.15) is 0 Å². The van der Waals surface area contributed by atoms with Crippen LogP contribution in [0.15, 0.2) is 0 Å². The van der Waals surface area contributed by atoms with Gasteiger partial charge >= 0.3 is 0 Å². The second kappa shape index (κ2) is 8.96. The first-order valence-electron chi connectivity index (χ1n) is 8.35. The van der Waals surface area contributed by atoms with Gasteiger partial charge in [-0.05, 0) is 49.6 Å². The lowest BCUT2D eigenvalue weighted by Gasteiger charge is -2.31. The zero-order chi connectivity index (χ0) is 13.4. The molecule has 0 amide bonds. The molecule has 1 nitrogen and oxygen atoms in total. The molecule has 0 bridgehead atoms. The summed E-state index contributed by atoms with van der Waals surface area (Å²) in [6.45, 7) is 11.9. The third kappa shape index (κ3) is 5.73. The molecule has 18 heavy (non-hydrogen) atoms. The Bertz CT molecular complexity index is 200. The predicted molar refractivity (Wildman–Crippen MR) is 81.8 cm³/mol. The lowest BCUT2D eigenvalue weighted by atomic mass is 9.77. The van der Waals surface area contributed by atoms with Crippen LogP contribution >= 0.6 is 0 Å². The minimum Gasteiger partial charge on any atom is -0.316 e. The zero-order valence-corrected chi connectivity index (χ0v) is 13.2. The molecule has 3 atom stereocenters. The maximum absolute atomic E-state index is 3.71. The van der Waals surface area contributed by atoms with E-state index in [0.29, 0.717) is 0 Å². The van der Waals surface area contributed by atoms with Gasteiger partial charge in [0.25, 0.3) is 0 Å². The Morgan fingerprint density at radius 3 is 2.44 bits per heavy atom. The van der Waals surface area contributed by atoms with Gasteiger partial charge in [-0.15, -0.1) is 0 Å². The van der Waals surface area contributed by atoms with Gasteiger partial charge in [0.2, 0.25) is 0 Å². The van der Waals surface area contributed by atoms with Gasteiger partial charge in [-0.25, -0.2) is 0 Å². The minimum absolute atomic E-state index is 0.780. The minimum atomic E-state index is 0.780. The van der Waals surface area contributed by atoms with E-state index in [9.17, 15) is 0 Å². The normalized spacial score (nSPS) is 27.2. The molecule has 0 radical (unpaired) electrons. The molecule has 0 heterocycles. The van der Waals surface area contributed by atoms with Crippen molar-refractivity contribution < 1.29 is 0 Å². The predicted octanol–water partition coefficient (Wildman–Crippen LogP) is 4.86. The first-order chi connectivity index (χ1) is 8.65. The number of rotatable bonds is 7. The number of hydrogen-bond acceptors (Lipinski definition) is 1. The molecule has 108 valence electrons. The molecule has 0 aliphatic heterocycles. The summed E-state index contributed by atoms with van der Waals surface area (Å²) in [5.74, 6) is 3.63. The first kappa shape index (κ1) is 16.0. The van der Waals surface area contributed by atoms with Crippen molar-refractivity contribution in [2.24, 2.45) is 23.7 Å². The molecule has 0 aromatic heterocycles. The lowest BCUT2D eigenvalue weighted by molar-refractivity contribution is 0.207. The van der Waals surface area contributed by atoms with Crippen LogP contribution in [0, 0.1) is 23.7 Å². The molecule has 0 saturated heterocycles. The van der Waals surface area contributed by atoms with Gasteiger partial charge in [0, 0.05) is 0 Å². The molecule has 0 aromatic rings. The van der Waals surface area contributed by atoms with Gasteiger partial charge < -0.3 is 5.32 Å². The van der Waals surface area contributed by atoms with Crippen LogP contribution in [0.1, 0.15) is 72.6 Å². The Hall–Kier alpha value is -0.0400. The Morgan fingerprint density at radius 2 is 1.78 bits per heavy atom. The van der Waals surface area contributed by atoms with E-state index in [0.717, 1.165) is 23.7 Å². The molecule has 1 rings (SSSR count). The van der Waals surface area contributed by atoms with Crippen molar-refractivity contribution in [1.29, 1.82) is 0 Å². The van der Waals surface area contributed by atoms with Gasteiger partial charge in [-0.3, -0.25) is 0 Å². The molecular formula is C17H35N. The molecule has 1 N–H and O–H groups in total. The van der Waals surface area contributed by atoms with E-state index in [4.69, 9.17) is 0 Å². The summed E-state index contributed by atoms with van der Waals surface area (Å²) < 4.78 is 0. The van der Waals surface area contributed by atoms with E-state index in [2.05, 4.69) is 33.0 Å². The fourth-order valence-corrected chi connectivity index (χ4v) is 3.64. The van der Waals surface area contributed by atoms with Crippen LogP contribution in [0.2, 0.25) is 0 Å². The average molecular weight is 253 g/mol. The Kier molecular flexibility index (Phi) is 7.97. The zero-order valence-electron chi connectivity index (χ0n) is 13.2. The second-order valence-electron chi connectivity index (χ2n) is 6.88. The molecule has 1 aliphatic rings. The number of hydrogen-bond donors (Lipinski definition) is 1. The van der Waals surface area contributed by atoms with Crippen molar-refractivity contribution in [3.8, 4) is 0 Å². The van der Waals surface area contributed by atoms with Crippen LogP contribution in [0.3, 0.4) is 0 Å². The number of nitrogens with one attached hydrogen (secondary N) is 1. The topological polar surface area (TPSA) is 12.0 Å². The van der Waals surface area contributed by atoms with Gasteiger partial charge in [0.05, 0.1) is 0 Å². The van der Waals surface area contributed by atoms with Gasteiger partial charge in [-0.1, -0.05) is 59.8 Å². The van der Waals surface area contributed by atoms with E-state index >= 15 is 0 Å². The van der Waals surface area contributed by atoms with Crippen LogP contribution in [-0.2, 0) is 0 Å². The van der Waals surface area contributed by atoms with E-state index in [1.54, 1.807) is 0 Å². The summed E-state index contributed by atoms with van der Waals surface area (Å²) in [6, 6.07) is 0. The smallest absolute Gasteiger partial charge is 0.00177 e. The third-order valence-corrected chi connectivity index (χ3v) is 4.65. The highest BCUT2D eigenvalue weighted by Crippen LogP contribution is 2.35. The van der Waals surface area contributed by atoms with Crippen LogP contribution in [0.5, 0.6) is 0 Å². The largest absolute Gasteiger partial charge is 0.316 e. The summed E-state index contributed by atoms with van der Waals surface area (Å²) in [7, 11) is 0. The van der Waals surface area contributed by atoms with E-state index in [-0.39, 0.29) is 0 Å². The quantitative estimate of drug-likeness (QED) is 0.639. The van der Waals surface area contributed by atoms with Crippen molar-refractivity contribution in [3.05, 3.63) is 0 Å². The van der Waals surface area contributed by atoms with Crippen molar-refractivity contribution in [1.82, 2.24) is 5.32 Å². The summed E-state index contributed by atoms with van der Waals surface area (Å²) in [4.78, 5) is 0. The highest BCUT2D eigenvalue weighted by atomic mass is 14.9. The van der Waals surface area contributed by atoms with Crippen molar-refractivity contribution in [2.75, 3.05) is 13.1 Å². The average Bonchev–Trinajstić information content (AvgIpc) is 2.54. The molecule has 1 heteroatoms. The fraction of sp³-hybridized carbons (Fsp3) is 1.00. The van der Waals surface area contributed by atoms with E-state index < -0.39 is 0 Å². The molecule has 1 fully saturated rings. The van der Waals surface area contributed by atoms with E-state index in [1.807, 2.05) is 0 Å². The SMILES string of the molecule is CCCC(C)C1CCCCCC1CNCC(C)C.